The molecule has 0 aliphatic heterocycles. The van der Waals surface area contributed by atoms with Crippen molar-refractivity contribution in [1.29, 1.82) is 0 Å². The van der Waals surface area contributed by atoms with Crippen molar-refractivity contribution >= 4 is 27.2 Å². The SMILES string of the molecule is COc1c(C(=O)C2C(=O)CCC(C)(C)C2=O)ccc(C(F)(F)F)c1S(C)(=O)=O. The summed E-state index contributed by atoms with van der Waals surface area (Å²) in [5.74, 6) is -4.92. The molecule has 6 nitrogen and oxygen atoms in total. The zero-order chi connectivity index (χ0) is 21.7. The van der Waals surface area contributed by atoms with Crippen molar-refractivity contribution in [2.45, 2.75) is 37.8 Å². The Morgan fingerprint density at radius 2 is 1.79 bits per heavy atom. The minimum absolute atomic E-state index is 0.0446. The van der Waals surface area contributed by atoms with Gasteiger partial charge in [-0.05, 0) is 18.6 Å². The second kappa shape index (κ2) is 6.98. The standard InChI is InChI=1S/C18H19F3O6S/c1-17(2)8-7-11(22)12(16(17)24)13(23)9-5-6-10(18(19,20)21)15(14(9)27-3)28(4,25)26/h5-6,12H,7-8H2,1-4H3. The third-order valence-corrected chi connectivity index (χ3v) is 5.91. The highest BCUT2D eigenvalue weighted by molar-refractivity contribution is 7.90. The van der Waals surface area contributed by atoms with Crippen molar-refractivity contribution in [2.24, 2.45) is 11.3 Å². The Balaban J connectivity index is 2.75. The summed E-state index contributed by atoms with van der Waals surface area (Å²) in [5.41, 5.74) is -3.02. The maximum Gasteiger partial charge on any atom is 0.417 e. The number of halogens is 3. The monoisotopic (exact) mass is 420 g/mol. The third-order valence-electron chi connectivity index (χ3n) is 4.77. The molecule has 0 amide bonds. The minimum Gasteiger partial charge on any atom is -0.495 e. The van der Waals surface area contributed by atoms with Gasteiger partial charge in [0.2, 0.25) is 0 Å². The lowest BCUT2D eigenvalue weighted by Gasteiger charge is -2.32. The number of Topliss-reactive ketones (excluding diaryl/α,β-unsaturated/α-hetero) is 3. The number of hydrogen-bond acceptors (Lipinski definition) is 6. The molecule has 0 saturated heterocycles. The Morgan fingerprint density at radius 1 is 1.21 bits per heavy atom. The highest BCUT2D eigenvalue weighted by Crippen LogP contribution is 2.42. The topological polar surface area (TPSA) is 94.6 Å². The molecular formula is C18H19F3O6S. The molecule has 1 atom stereocenters. The first-order valence-corrected chi connectivity index (χ1v) is 10.1. The molecule has 1 saturated carbocycles. The van der Waals surface area contributed by atoms with E-state index in [4.69, 9.17) is 4.74 Å². The maximum absolute atomic E-state index is 13.3. The minimum atomic E-state index is -5.02. The van der Waals surface area contributed by atoms with Crippen LogP contribution in [0.15, 0.2) is 17.0 Å². The smallest absolute Gasteiger partial charge is 0.417 e. The van der Waals surface area contributed by atoms with Gasteiger partial charge < -0.3 is 4.74 Å². The Labute approximate surface area is 160 Å². The number of benzene rings is 1. The second-order valence-corrected chi connectivity index (χ2v) is 9.26. The molecule has 2 rings (SSSR count). The van der Waals surface area contributed by atoms with Gasteiger partial charge in [-0.1, -0.05) is 13.8 Å². The van der Waals surface area contributed by atoms with E-state index in [0.717, 1.165) is 13.2 Å². The number of methoxy groups -OCH3 is 1. The third kappa shape index (κ3) is 3.82. The molecule has 154 valence electrons. The molecule has 28 heavy (non-hydrogen) atoms. The van der Waals surface area contributed by atoms with E-state index in [2.05, 4.69) is 0 Å². The van der Waals surface area contributed by atoms with Crippen molar-refractivity contribution in [3.05, 3.63) is 23.3 Å². The summed E-state index contributed by atoms with van der Waals surface area (Å²) in [6, 6.07) is 1.18. The lowest BCUT2D eigenvalue weighted by Crippen LogP contribution is -2.44. The summed E-state index contributed by atoms with van der Waals surface area (Å²) < 4.78 is 68.8. The van der Waals surface area contributed by atoms with Gasteiger partial charge in [-0.2, -0.15) is 13.2 Å². The lowest BCUT2D eigenvalue weighted by molar-refractivity contribution is -0.141. The second-order valence-electron chi connectivity index (χ2n) is 7.30. The molecule has 1 fully saturated rings. The van der Waals surface area contributed by atoms with E-state index in [1.54, 1.807) is 13.8 Å². The zero-order valence-corrected chi connectivity index (χ0v) is 16.5. The van der Waals surface area contributed by atoms with E-state index in [-0.39, 0.29) is 12.8 Å². The Kier molecular flexibility index (Phi) is 5.50. The fourth-order valence-corrected chi connectivity index (χ4v) is 4.32. The van der Waals surface area contributed by atoms with Gasteiger partial charge in [-0.25, -0.2) is 8.42 Å². The van der Waals surface area contributed by atoms with Crippen molar-refractivity contribution in [3.8, 4) is 5.75 Å². The van der Waals surface area contributed by atoms with E-state index in [9.17, 15) is 36.0 Å². The predicted octanol–water partition coefficient (Wildman–Crippen LogP) is 2.87. The van der Waals surface area contributed by atoms with Gasteiger partial charge in [0.05, 0.1) is 18.2 Å². The quantitative estimate of drug-likeness (QED) is 0.549. The van der Waals surface area contributed by atoms with E-state index >= 15 is 0 Å². The molecule has 1 aliphatic rings. The first-order valence-electron chi connectivity index (χ1n) is 8.22. The molecule has 1 aliphatic carbocycles. The molecule has 10 heteroatoms. The van der Waals surface area contributed by atoms with Gasteiger partial charge in [0.15, 0.2) is 27.2 Å². The molecule has 0 radical (unpaired) electrons. The first kappa shape index (κ1) is 22.1. The Bertz CT molecular complexity index is 960. The molecule has 1 aromatic rings. The van der Waals surface area contributed by atoms with Crippen LogP contribution in [-0.2, 0) is 25.6 Å². The molecule has 0 spiro atoms. The summed E-state index contributed by atoms with van der Waals surface area (Å²) >= 11 is 0. The molecular weight excluding hydrogens is 401 g/mol. The van der Waals surface area contributed by atoms with Gasteiger partial charge in [-0.3, -0.25) is 14.4 Å². The number of sulfone groups is 1. The van der Waals surface area contributed by atoms with Crippen LogP contribution in [0.1, 0.15) is 42.6 Å². The highest BCUT2D eigenvalue weighted by atomic mass is 32.2. The first-order chi connectivity index (χ1) is 12.6. The van der Waals surface area contributed by atoms with Crippen molar-refractivity contribution < 1.29 is 40.7 Å². The summed E-state index contributed by atoms with van der Waals surface area (Å²) in [4.78, 5) is 36.6. The molecule has 1 aromatic carbocycles. The highest BCUT2D eigenvalue weighted by Gasteiger charge is 2.47. The fraction of sp³-hybridized carbons (Fsp3) is 0.500. The van der Waals surface area contributed by atoms with Crippen molar-refractivity contribution in [2.75, 3.05) is 13.4 Å². The van der Waals surface area contributed by atoms with E-state index in [1.807, 2.05) is 0 Å². The maximum atomic E-state index is 13.3. The predicted molar refractivity (Wildman–Crippen MR) is 92.0 cm³/mol. The average molecular weight is 420 g/mol. The number of rotatable bonds is 4. The van der Waals surface area contributed by atoms with Gasteiger partial charge in [0, 0.05) is 18.1 Å². The van der Waals surface area contributed by atoms with Crippen molar-refractivity contribution in [1.82, 2.24) is 0 Å². The molecule has 1 unspecified atom stereocenters. The number of carbonyl (C=O) groups excluding carboxylic acids is 3. The van der Waals surface area contributed by atoms with Crippen molar-refractivity contribution in [3.63, 3.8) is 0 Å². The van der Waals surface area contributed by atoms with E-state index in [1.165, 1.54) is 0 Å². The van der Waals surface area contributed by atoms with E-state index < -0.39 is 66.5 Å². The normalized spacial score (nSPS) is 20.2. The number of alkyl halides is 3. The van der Waals surface area contributed by atoms with Crippen LogP contribution in [0.25, 0.3) is 0 Å². The van der Waals surface area contributed by atoms with Gasteiger partial charge in [-0.15, -0.1) is 0 Å². The summed E-state index contributed by atoms with van der Waals surface area (Å²) in [5, 5.41) is 0. The van der Waals surface area contributed by atoms with Gasteiger partial charge in [0.1, 0.15) is 16.6 Å². The molecule has 0 heterocycles. The van der Waals surface area contributed by atoms with Crippen LogP contribution in [0.3, 0.4) is 0 Å². The Hall–Kier alpha value is -2.23. The summed E-state index contributed by atoms with van der Waals surface area (Å²) in [6.07, 6.45) is -4.27. The lowest BCUT2D eigenvalue weighted by atomic mass is 9.68. The average Bonchev–Trinajstić information content (AvgIpc) is 2.55. The number of hydrogen-bond donors (Lipinski definition) is 0. The number of ether oxygens (including phenoxy) is 1. The fourth-order valence-electron chi connectivity index (χ4n) is 3.21. The molecule has 0 N–H and O–H groups in total. The van der Waals surface area contributed by atoms with E-state index in [0.29, 0.717) is 12.3 Å². The van der Waals surface area contributed by atoms with Crippen LogP contribution < -0.4 is 4.74 Å². The van der Waals surface area contributed by atoms with Crippen LogP contribution in [0.4, 0.5) is 13.2 Å². The van der Waals surface area contributed by atoms with Crippen LogP contribution in [0.5, 0.6) is 5.75 Å². The summed E-state index contributed by atoms with van der Waals surface area (Å²) in [7, 11) is -3.55. The Morgan fingerprint density at radius 3 is 2.25 bits per heavy atom. The number of ketones is 3. The van der Waals surface area contributed by atoms with Crippen LogP contribution in [0.2, 0.25) is 0 Å². The van der Waals surface area contributed by atoms with Crippen LogP contribution in [-0.4, -0.2) is 39.1 Å². The molecule has 0 bridgehead atoms. The summed E-state index contributed by atoms with van der Waals surface area (Å²) in [6.45, 7) is 3.13. The van der Waals surface area contributed by atoms with Gasteiger partial charge >= 0.3 is 6.18 Å². The largest absolute Gasteiger partial charge is 0.495 e. The van der Waals surface area contributed by atoms with Crippen LogP contribution in [0, 0.1) is 11.3 Å². The number of carbonyl (C=O) groups is 3. The molecule has 0 aromatic heterocycles. The van der Waals surface area contributed by atoms with Crippen LogP contribution >= 0.6 is 0 Å². The zero-order valence-electron chi connectivity index (χ0n) is 15.6. The van der Waals surface area contributed by atoms with Gasteiger partial charge in [0.25, 0.3) is 0 Å².